The molecule has 2 rings (SSSR count). The van der Waals surface area contributed by atoms with Crippen LogP contribution in [-0.4, -0.2) is 17.6 Å². The lowest BCUT2D eigenvalue weighted by Crippen LogP contribution is -2.11. The van der Waals surface area contributed by atoms with Crippen molar-refractivity contribution in [3.8, 4) is 11.8 Å². The molecule has 0 bridgehead atoms. The summed E-state index contributed by atoms with van der Waals surface area (Å²) in [5.41, 5.74) is 8.15. The molecule has 1 aromatic carbocycles. The number of esters is 1. The number of benzene rings is 1. The highest BCUT2D eigenvalue weighted by Crippen LogP contribution is 2.26. The molecule has 0 saturated carbocycles. The van der Waals surface area contributed by atoms with Gasteiger partial charge < -0.3 is 15.0 Å². The molecule has 0 fully saturated rings. The van der Waals surface area contributed by atoms with Crippen molar-refractivity contribution in [2.75, 3.05) is 12.8 Å². The monoisotopic (exact) mass is 255 g/mol. The van der Waals surface area contributed by atoms with Crippen molar-refractivity contribution < 1.29 is 9.53 Å². The van der Waals surface area contributed by atoms with Crippen LogP contribution >= 0.6 is 0 Å². The Morgan fingerprint density at radius 1 is 1.42 bits per heavy atom. The molecule has 1 heterocycles. The molecule has 19 heavy (non-hydrogen) atoms. The Morgan fingerprint density at radius 2 is 2.11 bits per heavy atom. The zero-order valence-electron chi connectivity index (χ0n) is 10.7. The first-order valence-corrected chi connectivity index (χ1v) is 5.65. The molecule has 5 heteroatoms. The van der Waals surface area contributed by atoms with Gasteiger partial charge in [-0.1, -0.05) is 18.2 Å². The second-order valence-electron chi connectivity index (χ2n) is 4.06. The number of hydrogen-bond acceptors (Lipinski definition) is 4. The molecule has 0 unspecified atom stereocenters. The van der Waals surface area contributed by atoms with Crippen LogP contribution in [0.1, 0.15) is 21.6 Å². The second kappa shape index (κ2) is 4.86. The highest BCUT2D eigenvalue weighted by atomic mass is 16.5. The third-order valence-corrected chi connectivity index (χ3v) is 2.92. The number of para-hydroxylation sites is 1. The van der Waals surface area contributed by atoms with Gasteiger partial charge in [0.2, 0.25) is 0 Å². The topological polar surface area (TPSA) is 81.0 Å². The van der Waals surface area contributed by atoms with Crippen molar-refractivity contribution in [3.63, 3.8) is 0 Å². The number of hydrogen-bond donors (Lipinski definition) is 1. The fraction of sp³-hybridized carbons (Fsp3) is 0.143. The molecule has 0 aliphatic rings. The maximum absolute atomic E-state index is 11.8. The predicted octanol–water partition coefficient (Wildman–Crippen LogP) is 2.03. The standard InChI is InChI=1S/C14H13N3O2/c1-9-5-3-4-6-11(9)17-8-10(7-15)12(16)13(17)14(18)19-2/h3-6,8H,16H2,1-2H3. The molecule has 0 aliphatic carbocycles. The number of aryl methyl sites for hydroxylation is 1. The largest absolute Gasteiger partial charge is 0.464 e. The summed E-state index contributed by atoms with van der Waals surface area (Å²) in [5.74, 6) is -0.567. The Hall–Kier alpha value is -2.74. The minimum atomic E-state index is -0.567. The van der Waals surface area contributed by atoms with Gasteiger partial charge in [0, 0.05) is 11.9 Å². The first-order valence-electron chi connectivity index (χ1n) is 5.65. The van der Waals surface area contributed by atoms with Gasteiger partial charge in [-0.15, -0.1) is 0 Å². The molecule has 0 radical (unpaired) electrons. The van der Waals surface area contributed by atoms with Crippen LogP contribution in [-0.2, 0) is 4.74 Å². The van der Waals surface area contributed by atoms with Crippen LogP contribution in [0.4, 0.5) is 5.69 Å². The summed E-state index contributed by atoms with van der Waals surface area (Å²) < 4.78 is 6.32. The highest BCUT2D eigenvalue weighted by molar-refractivity contribution is 5.96. The zero-order valence-corrected chi connectivity index (χ0v) is 10.7. The molecule has 0 amide bonds. The third-order valence-electron chi connectivity index (χ3n) is 2.92. The summed E-state index contributed by atoms with van der Waals surface area (Å²) >= 11 is 0. The number of anilines is 1. The molecule has 1 aromatic heterocycles. The molecule has 2 N–H and O–H groups in total. The van der Waals surface area contributed by atoms with E-state index >= 15 is 0 Å². The number of aromatic nitrogens is 1. The van der Waals surface area contributed by atoms with E-state index in [0.717, 1.165) is 11.3 Å². The lowest BCUT2D eigenvalue weighted by Gasteiger charge is -2.10. The number of carbonyl (C=O) groups excluding carboxylic acids is 1. The van der Waals surface area contributed by atoms with E-state index in [0.29, 0.717) is 0 Å². The minimum Gasteiger partial charge on any atom is -0.464 e. The minimum absolute atomic E-state index is 0.137. The summed E-state index contributed by atoms with van der Waals surface area (Å²) in [4.78, 5) is 11.8. The number of nitrogens with two attached hydrogens (primary N) is 1. The van der Waals surface area contributed by atoms with Gasteiger partial charge in [-0.3, -0.25) is 0 Å². The Morgan fingerprint density at radius 3 is 2.68 bits per heavy atom. The van der Waals surface area contributed by atoms with Gasteiger partial charge in [0.15, 0.2) is 5.69 Å². The summed E-state index contributed by atoms with van der Waals surface area (Å²) in [6.07, 6.45) is 1.55. The zero-order chi connectivity index (χ0) is 14.0. The molecular weight excluding hydrogens is 242 g/mol. The summed E-state index contributed by atoms with van der Waals surface area (Å²) in [6.45, 7) is 1.92. The summed E-state index contributed by atoms with van der Waals surface area (Å²) in [7, 11) is 1.28. The van der Waals surface area contributed by atoms with Crippen molar-refractivity contribution in [3.05, 3.63) is 47.3 Å². The van der Waals surface area contributed by atoms with Crippen molar-refractivity contribution >= 4 is 11.7 Å². The Labute approximate surface area is 110 Å². The smallest absolute Gasteiger partial charge is 0.357 e. The number of nitrogen functional groups attached to an aromatic ring is 1. The first-order chi connectivity index (χ1) is 9.10. The lowest BCUT2D eigenvalue weighted by atomic mass is 10.2. The van der Waals surface area contributed by atoms with Gasteiger partial charge in [-0.05, 0) is 18.6 Å². The van der Waals surface area contributed by atoms with Gasteiger partial charge in [-0.2, -0.15) is 5.26 Å². The summed E-state index contributed by atoms with van der Waals surface area (Å²) in [6, 6.07) is 9.49. The van der Waals surface area contributed by atoms with Crippen LogP contribution in [0.25, 0.3) is 5.69 Å². The Kier molecular flexibility index (Phi) is 3.25. The SMILES string of the molecule is COC(=O)c1c(N)c(C#N)cn1-c1ccccc1C. The number of nitriles is 1. The fourth-order valence-electron chi connectivity index (χ4n) is 1.94. The van der Waals surface area contributed by atoms with E-state index < -0.39 is 5.97 Å². The van der Waals surface area contributed by atoms with E-state index in [9.17, 15) is 4.79 Å². The molecular formula is C14H13N3O2. The number of nitrogens with zero attached hydrogens (tertiary/aromatic N) is 2. The maximum Gasteiger partial charge on any atom is 0.357 e. The van der Waals surface area contributed by atoms with Crippen LogP contribution in [0.15, 0.2) is 30.5 Å². The normalized spacial score (nSPS) is 9.95. The maximum atomic E-state index is 11.8. The third kappa shape index (κ3) is 2.04. The Bertz CT molecular complexity index is 680. The van der Waals surface area contributed by atoms with E-state index in [2.05, 4.69) is 0 Å². The lowest BCUT2D eigenvalue weighted by molar-refractivity contribution is 0.0593. The van der Waals surface area contributed by atoms with Crippen LogP contribution in [0, 0.1) is 18.3 Å². The van der Waals surface area contributed by atoms with E-state index in [1.807, 2.05) is 37.3 Å². The quantitative estimate of drug-likeness (QED) is 0.832. The van der Waals surface area contributed by atoms with Crippen LogP contribution in [0.5, 0.6) is 0 Å². The predicted molar refractivity (Wildman–Crippen MR) is 71.0 cm³/mol. The second-order valence-corrected chi connectivity index (χ2v) is 4.06. The van der Waals surface area contributed by atoms with Gasteiger partial charge in [0.25, 0.3) is 0 Å². The number of ether oxygens (including phenoxy) is 1. The molecule has 96 valence electrons. The molecule has 0 aliphatic heterocycles. The van der Waals surface area contributed by atoms with Gasteiger partial charge in [0.1, 0.15) is 6.07 Å². The number of rotatable bonds is 2. The average Bonchev–Trinajstić information content (AvgIpc) is 2.75. The van der Waals surface area contributed by atoms with E-state index in [1.165, 1.54) is 7.11 Å². The molecule has 0 spiro atoms. The van der Waals surface area contributed by atoms with Crippen molar-refractivity contribution in [1.82, 2.24) is 4.57 Å². The number of carbonyl (C=O) groups is 1. The molecule has 0 atom stereocenters. The van der Waals surface area contributed by atoms with E-state index in [-0.39, 0.29) is 16.9 Å². The molecule has 2 aromatic rings. The summed E-state index contributed by atoms with van der Waals surface area (Å²) in [5, 5.41) is 9.03. The Balaban J connectivity index is 2.74. The van der Waals surface area contributed by atoms with Crippen LogP contribution in [0.3, 0.4) is 0 Å². The highest BCUT2D eigenvalue weighted by Gasteiger charge is 2.22. The van der Waals surface area contributed by atoms with E-state index in [1.54, 1.807) is 10.8 Å². The average molecular weight is 255 g/mol. The molecule has 0 saturated heterocycles. The van der Waals surface area contributed by atoms with Crippen molar-refractivity contribution in [2.45, 2.75) is 6.92 Å². The van der Waals surface area contributed by atoms with Gasteiger partial charge in [-0.25, -0.2) is 4.79 Å². The van der Waals surface area contributed by atoms with Crippen molar-refractivity contribution in [2.24, 2.45) is 0 Å². The van der Waals surface area contributed by atoms with Crippen LogP contribution in [0.2, 0.25) is 0 Å². The van der Waals surface area contributed by atoms with Gasteiger partial charge >= 0.3 is 5.97 Å². The fourth-order valence-corrected chi connectivity index (χ4v) is 1.94. The number of methoxy groups -OCH3 is 1. The first kappa shape index (κ1) is 12.7. The van der Waals surface area contributed by atoms with Gasteiger partial charge in [0.05, 0.1) is 18.4 Å². The van der Waals surface area contributed by atoms with Crippen LogP contribution < -0.4 is 5.73 Å². The molecule has 5 nitrogen and oxygen atoms in total. The van der Waals surface area contributed by atoms with E-state index in [4.69, 9.17) is 15.7 Å². The van der Waals surface area contributed by atoms with Crippen molar-refractivity contribution in [1.29, 1.82) is 5.26 Å².